The molecule has 0 spiro atoms. The van der Waals surface area contributed by atoms with E-state index >= 15 is 0 Å². The van der Waals surface area contributed by atoms with Gasteiger partial charge in [-0.05, 0) is 19.3 Å². The maximum atomic E-state index is 11.8. The molecule has 1 saturated carbocycles. The van der Waals surface area contributed by atoms with E-state index in [1.54, 1.807) is 6.92 Å². The first-order chi connectivity index (χ1) is 9.49. The summed E-state index contributed by atoms with van der Waals surface area (Å²) in [7, 11) is 1.28. The van der Waals surface area contributed by atoms with Crippen LogP contribution in [0, 0.1) is 5.92 Å². The minimum atomic E-state index is -0.551. The minimum Gasteiger partial charge on any atom is -0.465 e. The number of rotatable bonds is 5. The summed E-state index contributed by atoms with van der Waals surface area (Å²) in [4.78, 5) is 23.9. The van der Waals surface area contributed by atoms with Gasteiger partial charge in [-0.15, -0.1) is 11.3 Å². The van der Waals surface area contributed by atoms with Gasteiger partial charge in [-0.2, -0.15) is 0 Å². The Morgan fingerprint density at radius 3 is 2.60 bits per heavy atom. The van der Waals surface area contributed by atoms with E-state index < -0.39 is 11.9 Å². The molecule has 0 bridgehead atoms. The molecule has 0 amide bonds. The average Bonchev–Trinajstić information content (AvgIpc) is 2.99. The van der Waals surface area contributed by atoms with Crippen LogP contribution in [0.5, 0.6) is 0 Å². The molecule has 1 heterocycles. The highest BCUT2D eigenvalue weighted by atomic mass is 32.1. The van der Waals surface area contributed by atoms with Gasteiger partial charge < -0.3 is 20.5 Å². The second-order valence-corrected chi connectivity index (χ2v) is 5.75. The fraction of sp³-hybridized carbons (Fsp3) is 0.538. The Hall–Kier alpha value is -1.76. The molecule has 0 saturated heterocycles. The summed E-state index contributed by atoms with van der Waals surface area (Å²) in [5, 5.41) is 3.81. The smallest absolute Gasteiger partial charge is 0.350 e. The summed E-state index contributed by atoms with van der Waals surface area (Å²) < 4.78 is 9.68. The van der Waals surface area contributed by atoms with Crippen LogP contribution >= 0.6 is 11.3 Å². The van der Waals surface area contributed by atoms with Crippen molar-refractivity contribution >= 4 is 34.0 Å². The summed E-state index contributed by atoms with van der Waals surface area (Å²) >= 11 is 1.14. The highest BCUT2D eigenvalue weighted by molar-refractivity contribution is 7.19. The summed E-state index contributed by atoms with van der Waals surface area (Å²) in [6.07, 6.45) is 1.03. The zero-order valence-electron chi connectivity index (χ0n) is 11.7. The van der Waals surface area contributed by atoms with Crippen molar-refractivity contribution in [2.24, 2.45) is 5.92 Å². The summed E-state index contributed by atoms with van der Waals surface area (Å²) in [5.41, 5.74) is 6.25. The third kappa shape index (κ3) is 2.72. The summed E-state index contributed by atoms with van der Waals surface area (Å²) in [5.74, 6) is -0.517. The molecule has 2 atom stereocenters. The van der Waals surface area contributed by atoms with Crippen LogP contribution < -0.4 is 11.1 Å². The van der Waals surface area contributed by atoms with E-state index in [2.05, 4.69) is 12.2 Å². The van der Waals surface area contributed by atoms with Gasteiger partial charge in [0.1, 0.15) is 15.4 Å². The fourth-order valence-corrected chi connectivity index (χ4v) is 2.95. The third-order valence-corrected chi connectivity index (χ3v) is 4.34. The van der Waals surface area contributed by atoms with Crippen molar-refractivity contribution in [3.63, 3.8) is 0 Å². The normalized spacial score (nSPS) is 20.4. The third-order valence-electron chi connectivity index (χ3n) is 3.22. The number of carbonyl (C=O) groups excluding carboxylic acids is 2. The number of hydrogen-bond acceptors (Lipinski definition) is 7. The Labute approximate surface area is 121 Å². The Kier molecular flexibility index (Phi) is 4.17. The van der Waals surface area contributed by atoms with Crippen molar-refractivity contribution in [2.75, 3.05) is 24.8 Å². The van der Waals surface area contributed by atoms with Gasteiger partial charge in [-0.1, -0.05) is 6.92 Å². The number of ether oxygens (including phenoxy) is 2. The molecular formula is C13H18N2O4S. The number of esters is 2. The molecule has 1 aromatic heterocycles. The van der Waals surface area contributed by atoms with Crippen LogP contribution in [-0.2, 0) is 9.47 Å². The molecule has 0 radical (unpaired) electrons. The summed E-state index contributed by atoms with van der Waals surface area (Å²) in [6.45, 7) is 4.08. The highest BCUT2D eigenvalue weighted by Gasteiger charge is 2.35. The lowest BCUT2D eigenvalue weighted by atomic mass is 10.2. The predicted octanol–water partition coefficient (Wildman–Crippen LogP) is 2.11. The number of nitrogens with one attached hydrogen (secondary N) is 1. The van der Waals surface area contributed by atoms with Crippen molar-refractivity contribution in [1.82, 2.24) is 0 Å². The van der Waals surface area contributed by atoms with E-state index in [1.165, 1.54) is 7.11 Å². The lowest BCUT2D eigenvalue weighted by Crippen LogP contribution is -2.11. The van der Waals surface area contributed by atoms with Gasteiger partial charge >= 0.3 is 11.9 Å². The molecule has 7 heteroatoms. The second kappa shape index (κ2) is 5.70. The summed E-state index contributed by atoms with van der Waals surface area (Å²) in [6, 6.07) is 0.312. The van der Waals surface area contributed by atoms with Crippen LogP contribution in [-0.4, -0.2) is 31.7 Å². The van der Waals surface area contributed by atoms with E-state index in [-0.39, 0.29) is 22.7 Å². The van der Waals surface area contributed by atoms with Crippen LogP contribution in [0.25, 0.3) is 0 Å². The van der Waals surface area contributed by atoms with Crippen LogP contribution in [0.2, 0.25) is 0 Å². The molecular weight excluding hydrogens is 280 g/mol. The molecule has 20 heavy (non-hydrogen) atoms. The Bertz CT molecular complexity index is 541. The average molecular weight is 298 g/mol. The number of thiophene rings is 1. The quantitative estimate of drug-likeness (QED) is 0.809. The van der Waals surface area contributed by atoms with Gasteiger partial charge in [-0.3, -0.25) is 0 Å². The van der Waals surface area contributed by atoms with Crippen molar-refractivity contribution in [3.05, 3.63) is 10.4 Å². The second-order valence-electron chi connectivity index (χ2n) is 4.72. The zero-order valence-corrected chi connectivity index (χ0v) is 12.5. The highest BCUT2D eigenvalue weighted by Crippen LogP contribution is 2.41. The maximum Gasteiger partial charge on any atom is 0.350 e. The molecule has 1 aromatic rings. The Morgan fingerprint density at radius 1 is 1.45 bits per heavy atom. The molecule has 2 rings (SSSR count). The van der Waals surface area contributed by atoms with E-state index in [1.807, 2.05) is 0 Å². The molecule has 1 fully saturated rings. The Balaban J connectivity index is 2.35. The number of hydrogen-bond donors (Lipinski definition) is 2. The number of nitrogen functional groups attached to an aromatic ring is 1. The number of carbonyl (C=O) groups is 2. The van der Waals surface area contributed by atoms with Gasteiger partial charge in [0.2, 0.25) is 0 Å². The molecule has 1 aliphatic carbocycles. The number of anilines is 2. The molecule has 0 aromatic carbocycles. The molecule has 6 nitrogen and oxygen atoms in total. The zero-order chi connectivity index (χ0) is 14.9. The van der Waals surface area contributed by atoms with Crippen LogP contribution in [0.1, 0.15) is 40.3 Å². The van der Waals surface area contributed by atoms with Gasteiger partial charge in [0.15, 0.2) is 0 Å². The number of nitrogens with two attached hydrogens (primary N) is 1. The molecule has 3 N–H and O–H groups in total. The van der Waals surface area contributed by atoms with Crippen molar-refractivity contribution in [3.8, 4) is 0 Å². The van der Waals surface area contributed by atoms with E-state index in [0.717, 1.165) is 17.8 Å². The lowest BCUT2D eigenvalue weighted by molar-refractivity contribution is 0.0533. The van der Waals surface area contributed by atoms with Gasteiger partial charge in [0, 0.05) is 6.04 Å². The SMILES string of the molecule is CCOC(=O)c1sc(NC2CC2C)c(C(=O)OC)c1N. The van der Waals surface area contributed by atoms with Gasteiger partial charge in [0.25, 0.3) is 0 Å². The standard InChI is InChI=1S/C13H18N2O4S/c1-4-19-13(17)10-9(14)8(12(16)18-3)11(20-10)15-7-5-6(7)2/h6-7,15H,4-5,14H2,1-3H3. The van der Waals surface area contributed by atoms with Crippen molar-refractivity contribution in [2.45, 2.75) is 26.3 Å². The van der Waals surface area contributed by atoms with E-state index in [9.17, 15) is 9.59 Å². The van der Waals surface area contributed by atoms with E-state index in [4.69, 9.17) is 15.2 Å². The van der Waals surface area contributed by atoms with E-state index in [0.29, 0.717) is 17.0 Å². The van der Waals surface area contributed by atoms with Gasteiger partial charge in [-0.25, -0.2) is 9.59 Å². The monoisotopic (exact) mass is 298 g/mol. The first kappa shape index (κ1) is 14.6. The van der Waals surface area contributed by atoms with Crippen LogP contribution in [0.3, 0.4) is 0 Å². The predicted molar refractivity (Wildman–Crippen MR) is 77.2 cm³/mol. The van der Waals surface area contributed by atoms with Crippen LogP contribution in [0.15, 0.2) is 0 Å². The molecule has 2 unspecified atom stereocenters. The largest absolute Gasteiger partial charge is 0.465 e. The van der Waals surface area contributed by atoms with Gasteiger partial charge in [0.05, 0.1) is 19.4 Å². The maximum absolute atomic E-state index is 11.8. The topological polar surface area (TPSA) is 90.6 Å². The van der Waals surface area contributed by atoms with Crippen molar-refractivity contribution < 1.29 is 19.1 Å². The van der Waals surface area contributed by atoms with Crippen LogP contribution in [0.4, 0.5) is 10.7 Å². The Morgan fingerprint density at radius 2 is 2.10 bits per heavy atom. The first-order valence-electron chi connectivity index (χ1n) is 6.43. The molecule has 1 aliphatic rings. The fourth-order valence-electron chi connectivity index (χ4n) is 1.89. The minimum absolute atomic E-state index is 0.121. The first-order valence-corrected chi connectivity index (χ1v) is 7.25. The van der Waals surface area contributed by atoms with Crippen molar-refractivity contribution in [1.29, 1.82) is 0 Å². The molecule has 0 aliphatic heterocycles. The lowest BCUT2D eigenvalue weighted by Gasteiger charge is -2.05. The molecule has 110 valence electrons. The number of methoxy groups -OCH3 is 1.